The molecule has 0 bridgehead atoms. The zero-order valence-corrected chi connectivity index (χ0v) is 14.9. The number of hydrogen-bond acceptors (Lipinski definition) is 5. The first-order valence-corrected chi connectivity index (χ1v) is 8.73. The Morgan fingerprint density at radius 3 is 2.37 bits per heavy atom. The van der Waals surface area contributed by atoms with E-state index in [-0.39, 0.29) is 13.2 Å². The van der Waals surface area contributed by atoms with Gasteiger partial charge in [0.05, 0.1) is 6.61 Å². The Balaban J connectivity index is 2.08. The number of benzene rings is 2. The lowest BCUT2D eigenvalue weighted by atomic mass is 10.00. The Hall–Kier alpha value is -2.83. The van der Waals surface area contributed by atoms with Crippen molar-refractivity contribution in [3.8, 4) is 11.5 Å². The van der Waals surface area contributed by atoms with Gasteiger partial charge in [-0.15, -0.1) is 0 Å². The van der Waals surface area contributed by atoms with Gasteiger partial charge < -0.3 is 24.8 Å². The van der Waals surface area contributed by atoms with E-state index in [4.69, 9.17) is 19.7 Å². The first-order chi connectivity index (χ1) is 13.1. The number of aliphatic hydroxyl groups excluding tert-OH is 2. The summed E-state index contributed by atoms with van der Waals surface area (Å²) in [6.07, 6.45) is 2.09. The van der Waals surface area contributed by atoms with Crippen LogP contribution in [-0.4, -0.2) is 40.6 Å². The van der Waals surface area contributed by atoms with Gasteiger partial charge in [-0.2, -0.15) is 0 Å². The topological polar surface area (TPSA) is 96.2 Å². The molecule has 6 nitrogen and oxygen atoms in total. The van der Waals surface area contributed by atoms with E-state index in [1.165, 1.54) is 0 Å². The molecule has 27 heavy (non-hydrogen) atoms. The van der Waals surface area contributed by atoms with Crippen molar-refractivity contribution in [1.29, 1.82) is 0 Å². The van der Waals surface area contributed by atoms with Gasteiger partial charge in [0.1, 0.15) is 30.3 Å². The molecule has 0 saturated heterocycles. The van der Waals surface area contributed by atoms with Crippen molar-refractivity contribution in [3.63, 3.8) is 0 Å². The summed E-state index contributed by atoms with van der Waals surface area (Å²) in [4.78, 5) is 10.6. The SMILES string of the molecule is O=C(O)/C=C/CC[C@H](Oc1ccccc1)[C@@H](O)c1ccc(OCCO)cc1. The van der Waals surface area contributed by atoms with Crippen molar-refractivity contribution in [2.45, 2.75) is 25.0 Å². The fourth-order valence-corrected chi connectivity index (χ4v) is 2.54. The first kappa shape index (κ1) is 20.5. The van der Waals surface area contributed by atoms with E-state index in [0.29, 0.717) is 29.9 Å². The maximum atomic E-state index is 10.8. The molecule has 3 N–H and O–H groups in total. The molecule has 0 amide bonds. The van der Waals surface area contributed by atoms with Gasteiger partial charge in [-0.1, -0.05) is 36.4 Å². The molecule has 2 aromatic rings. The van der Waals surface area contributed by atoms with Crippen LogP contribution in [0.3, 0.4) is 0 Å². The minimum absolute atomic E-state index is 0.0682. The average Bonchev–Trinajstić information content (AvgIpc) is 2.69. The van der Waals surface area contributed by atoms with E-state index in [2.05, 4.69) is 0 Å². The van der Waals surface area contributed by atoms with Gasteiger partial charge in [-0.05, 0) is 42.7 Å². The molecule has 2 rings (SSSR count). The van der Waals surface area contributed by atoms with E-state index < -0.39 is 18.2 Å². The summed E-state index contributed by atoms with van der Waals surface area (Å²) in [6, 6.07) is 16.1. The summed E-state index contributed by atoms with van der Waals surface area (Å²) in [5, 5.41) is 28.3. The molecule has 0 fully saturated rings. The maximum Gasteiger partial charge on any atom is 0.327 e. The molecule has 0 unspecified atom stereocenters. The highest BCUT2D eigenvalue weighted by molar-refractivity contribution is 5.79. The molecule has 6 heteroatoms. The molecule has 0 radical (unpaired) electrons. The Bertz CT molecular complexity index is 711. The second kappa shape index (κ2) is 11.0. The highest BCUT2D eigenvalue weighted by atomic mass is 16.5. The molecule has 2 atom stereocenters. The van der Waals surface area contributed by atoms with Gasteiger partial charge in [-0.3, -0.25) is 0 Å². The molecule has 0 aromatic heterocycles. The van der Waals surface area contributed by atoms with Gasteiger partial charge in [0.15, 0.2) is 0 Å². The van der Waals surface area contributed by atoms with Crippen LogP contribution in [0.5, 0.6) is 11.5 Å². The molecule has 2 aromatic carbocycles. The normalized spacial score (nSPS) is 13.3. The lowest BCUT2D eigenvalue weighted by molar-refractivity contribution is -0.131. The van der Waals surface area contributed by atoms with Crippen molar-refractivity contribution in [2.24, 2.45) is 0 Å². The quantitative estimate of drug-likeness (QED) is 0.525. The standard InChI is InChI=1S/C21H24O6/c22-14-15-26-17-12-10-16(11-13-17)21(25)19(8-4-5-9-20(23)24)27-18-6-2-1-3-7-18/h1-3,5-7,9-13,19,21-22,25H,4,8,14-15H2,(H,23,24)/b9-5+/t19-,21-/m0/s1. The Kier molecular flexibility index (Phi) is 8.35. The predicted molar refractivity (Wildman–Crippen MR) is 101 cm³/mol. The maximum absolute atomic E-state index is 10.8. The fourth-order valence-electron chi connectivity index (χ4n) is 2.54. The third-order valence-corrected chi connectivity index (χ3v) is 3.84. The summed E-state index contributed by atoms with van der Waals surface area (Å²) in [5.74, 6) is 0.228. The summed E-state index contributed by atoms with van der Waals surface area (Å²) < 4.78 is 11.3. The van der Waals surface area contributed by atoms with E-state index in [0.717, 1.165) is 6.08 Å². The van der Waals surface area contributed by atoms with Crippen molar-refractivity contribution in [2.75, 3.05) is 13.2 Å². The van der Waals surface area contributed by atoms with Crippen LogP contribution in [0.25, 0.3) is 0 Å². The lowest BCUT2D eigenvalue weighted by Gasteiger charge is -2.24. The highest BCUT2D eigenvalue weighted by Gasteiger charge is 2.22. The van der Waals surface area contributed by atoms with E-state index in [1.807, 2.05) is 18.2 Å². The Morgan fingerprint density at radius 1 is 1.04 bits per heavy atom. The molecule has 0 aliphatic heterocycles. The Morgan fingerprint density at radius 2 is 1.74 bits per heavy atom. The van der Waals surface area contributed by atoms with Crippen LogP contribution in [-0.2, 0) is 4.79 Å². The molecular formula is C21H24O6. The second-order valence-electron chi connectivity index (χ2n) is 5.87. The number of ether oxygens (including phenoxy) is 2. The summed E-state index contributed by atoms with van der Waals surface area (Å²) in [6.45, 7) is 0.138. The third-order valence-electron chi connectivity index (χ3n) is 3.84. The van der Waals surface area contributed by atoms with Gasteiger partial charge in [0.25, 0.3) is 0 Å². The van der Waals surface area contributed by atoms with Crippen LogP contribution in [0.15, 0.2) is 66.7 Å². The minimum atomic E-state index is -1.01. The number of carbonyl (C=O) groups is 1. The minimum Gasteiger partial charge on any atom is -0.491 e. The Labute approximate surface area is 158 Å². The summed E-state index contributed by atoms with van der Waals surface area (Å²) >= 11 is 0. The number of hydrogen-bond donors (Lipinski definition) is 3. The number of carboxylic acid groups (broad SMARTS) is 1. The number of allylic oxidation sites excluding steroid dienone is 1. The summed E-state index contributed by atoms with van der Waals surface area (Å²) in [5.41, 5.74) is 0.662. The van der Waals surface area contributed by atoms with Gasteiger partial charge in [0, 0.05) is 6.08 Å². The number of aliphatic hydroxyl groups is 2. The monoisotopic (exact) mass is 372 g/mol. The average molecular weight is 372 g/mol. The van der Waals surface area contributed by atoms with Crippen LogP contribution < -0.4 is 9.47 Å². The number of para-hydroxylation sites is 1. The number of carboxylic acids is 1. The lowest BCUT2D eigenvalue weighted by Crippen LogP contribution is -2.25. The van der Waals surface area contributed by atoms with E-state index in [9.17, 15) is 9.90 Å². The van der Waals surface area contributed by atoms with Crippen molar-refractivity contribution in [3.05, 3.63) is 72.3 Å². The second-order valence-corrected chi connectivity index (χ2v) is 5.87. The predicted octanol–water partition coefficient (Wildman–Crippen LogP) is 2.96. The fraction of sp³-hybridized carbons (Fsp3) is 0.286. The van der Waals surface area contributed by atoms with Crippen LogP contribution >= 0.6 is 0 Å². The zero-order valence-electron chi connectivity index (χ0n) is 14.9. The van der Waals surface area contributed by atoms with Crippen LogP contribution in [0.4, 0.5) is 0 Å². The molecular weight excluding hydrogens is 348 g/mol. The molecule has 0 heterocycles. The van der Waals surface area contributed by atoms with Crippen LogP contribution in [0.1, 0.15) is 24.5 Å². The molecule has 0 saturated carbocycles. The van der Waals surface area contributed by atoms with Gasteiger partial charge in [0.2, 0.25) is 0 Å². The van der Waals surface area contributed by atoms with E-state index >= 15 is 0 Å². The van der Waals surface area contributed by atoms with Gasteiger partial charge >= 0.3 is 5.97 Å². The molecule has 0 spiro atoms. The van der Waals surface area contributed by atoms with Crippen molar-refractivity contribution < 1.29 is 29.6 Å². The molecule has 144 valence electrons. The van der Waals surface area contributed by atoms with Crippen molar-refractivity contribution in [1.82, 2.24) is 0 Å². The van der Waals surface area contributed by atoms with Gasteiger partial charge in [-0.25, -0.2) is 4.79 Å². The van der Waals surface area contributed by atoms with Crippen molar-refractivity contribution >= 4 is 5.97 Å². The highest BCUT2D eigenvalue weighted by Crippen LogP contribution is 2.26. The smallest absolute Gasteiger partial charge is 0.327 e. The van der Waals surface area contributed by atoms with Crippen LogP contribution in [0.2, 0.25) is 0 Å². The largest absolute Gasteiger partial charge is 0.491 e. The number of rotatable bonds is 11. The van der Waals surface area contributed by atoms with E-state index in [1.54, 1.807) is 42.5 Å². The third kappa shape index (κ3) is 7.13. The molecule has 0 aliphatic rings. The van der Waals surface area contributed by atoms with Crippen LogP contribution in [0, 0.1) is 0 Å². The summed E-state index contributed by atoms with van der Waals surface area (Å²) in [7, 11) is 0. The zero-order chi connectivity index (χ0) is 19.5. The molecule has 0 aliphatic carbocycles. The first-order valence-electron chi connectivity index (χ1n) is 8.73. The number of aliphatic carboxylic acids is 1.